The maximum Gasteiger partial charge on any atom is 0.386 e. The van der Waals surface area contributed by atoms with E-state index in [9.17, 15) is 19.4 Å². The molecule has 6 rings (SSSR count). The van der Waals surface area contributed by atoms with Crippen molar-refractivity contribution in [1.82, 2.24) is 29.5 Å². The predicted molar refractivity (Wildman–Crippen MR) is 216 cm³/mol. The van der Waals surface area contributed by atoms with Crippen LogP contribution in [0.5, 0.6) is 5.88 Å². The average molecular weight is 905 g/mol. The molecule has 3 fully saturated rings. The Morgan fingerprint density at radius 3 is 2.67 bits per heavy atom. The number of hydrogen-bond donors (Lipinski definition) is 3. The number of halogens is 1. The van der Waals surface area contributed by atoms with Gasteiger partial charge in [-0.25, -0.2) is 23.9 Å². The topological polar surface area (TPSA) is 233 Å². The highest BCUT2D eigenvalue weighted by Gasteiger charge is 2.56. The SMILES string of the molecule is CC(C)C(=O)Nc1nc2c(ncn2[C@@H]2OC3COP(=O)(S)O[C@@H]4C(COP(=S)(OCCC#N)O[C@@H]2C3O[Si](C)(C)C(C)(C)C)C[C@@H](Oc2ccncn2)[C@@H]4F)c(=O)[nH]1. The van der Waals surface area contributed by atoms with Crippen LogP contribution in [0, 0.1) is 23.2 Å². The number of rotatable bonds is 10. The van der Waals surface area contributed by atoms with Gasteiger partial charge in [-0.15, -0.1) is 0 Å². The number of imidazole rings is 1. The minimum Gasteiger partial charge on any atom is -0.471 e. The second-order valence-electron chi connectivity index (χ2n) is 15.8. The number of aromatic nitrogens is 6. The summed E-state index contributed by atoms with van der Waals surface area (Å²) in [6, 6.07) is 3.48. The van der Waals surface area contributed by atoms with Gasteiger partial charge in [-0.2, -0.15) is 10.2 Å². The van der Waals surface area contributed by atoms with Gasteiger partial charge in [0.2, 0.25) is 17.7 Å². The number of carbonyl (C=O) groups excluding carboxylic acids is 1. The standard InChI is InChI=1S/C33H47FN8O11P2S2Si/c1-18(2)29(43)40-32-39-28-24(30(44)41-32)38-17-42(28)31-27-26(53-58(6,7)33(3,4)5)21(50-31)15-47-54(45,56)51-25-19(14-48-55(57,52-27)46-12-8-10-35)13-20(23(25)34)49-22-9-11-36-16-37-22/h9,11,16-21,23,25-27,31H,8,12-15H2,1-7H3,(H,45,56)(H2,39,40,41,43,44)/t19?,20-,21?,23+,25-,26?,27-,31-,54?,55?/m1/s1. The maximum atomic E-state index is 16.2. The van der Waals surface area contributed by atoms with Crippen molar-refractivity contribution >= 4 is 68.9 Å². The zero-order valence-electron chi connectivity index (χ0n) is 32.8. The van der Waals surface area contributed by atoms with Crippen LogP contribution >= 0.6 is 25.8 Å². The van der Waals surface area contributed by atoms with E-state index in [1.54, 1.807) is 13.8 Å². The van der Waals surface area contributed by atoms with Crippen LogP contribution in [0.25, 0.3) is 11.2 Å². The molecule has 0 spiro atoms. The van der Waals surface area contributed by atoms with Gasteiger partial charge in [-0.1, -0.05) is 46.9 Å². The zero-order valence-corrected chi connectivity index (χ0v) is 37.3. The number of ether oxygens (including phenoxy) is 2. The van der Waals surface area contributed by atoms with E-state index >= 15 is 4.39 Å². The van der Waals surface area contributed by atoms with Gasteiger partial charge in [0, 0.05) is 24.1 Å². The van der Waals surface area contributed by atoms with E-state index in [0.29, 0.717) is 0 Å². The summed E-state index contributed by atoms with van der Waals surface area (Å²) in [4.78, 5) is 45.0. The van der Waals surface area contributed by atoms with Gasteiger partial charge in [-0.3, -0.25) is 38.0 Å². The Kier molecular flexibility index (Phi) is 13.7. The Morgan fingerprint density at radius 2 is 2.00 bits per heavy atom. The first-order valence-electron chi connectivity index (χ1n) is 18.5. The van der Waals surface area contributed by atoms with Crippen LogP contribution in [0.15, 0.2) is 29.7 Å². The van der Waals surface area contributed by atoms with Gasteiger partial charge in [0.25, 0.3) is 5.56 Å². The smallest absolute Gasteiger partial charge is 0.386 e. The lowest BCUT2D eigenvalue weighted by Gasteiger charge is -2.41. The normalized spacial score (nSPS) is 32.2. The van der Waals surface area contributed by atoms with Gasteiger partial charge >= 0.3 is 13.5 Å². The third kappa shape index (κ3) is 10.1. The first-order chi connectivity index (χ1) is 27.2. The second-order valence-corrected chi connectivity index (χ2v) is 26.4. The number of aromatic amines is 1. The van der Waals surface area contributed by atoms with Crippen LogP contribution in [-0.2, 0) is 52.9 Å². The van der Waals surface area contributed by atoms with Gasteiger partial charge in [0.1, 0.15) is 36.8 Å². The second kappa shape index (κ2) is 17.7. The Bertz CT molecular complexity index is 2160. The summed E-state index contributed by atoms with van der Waals surface area (Å²) in [5.41, 5.74) is -0.715. The molecule has 3 aromatic heterocycles. The van der Waals surface area contributed by atoms with E-state index in [1.165, 1.54) is 29.5 Å². The quantitative estimate of drug-likeness (QED) is 0.0971. The molecule has 19 nitrogen and oxygen atoms in total. The number of fused-ring (bicyclic) bond motifs is 4. The molecule has 2 aliphatic heterocycles. The van der Waals surface area contributed by atoms with Crippen LogP contribution in [0.2, 0.25) is 18.1 Å². The molecule has 58 heavy (non-hydrogen) atoms. The maximum absolute atomic E-state index is 16.2. The molecule has 3 aromatic rings. The van der Waals surface area contributed by atoms with E-state index < -0.39 is 94.7 Å². The molecule has 2 saturated heterocycles. The van der Waals surface area contributed by atoms with Gasteiger partial charge in [-0.05, 0) is 36.4 Å². The number of alkyl halides is 1. The van der Waals surface area contributed by atoms with Crippen molar-refractivity contribution in [2.45, 2.75) is 109 Å². The number of anilines is 1. The lowest BCUT2D eigenvalue weighted by atomic mass is 10.1. The minimum absolute atomic E-state index is 0.00294. The van der Waals surface area contributed by atoms with Crippen LogP contribution in [0.3, 0.4) is 0 Å². The van der Waals surface area contributed by atoms with Crippen molar-refractivity contribution in [3.8, 4) is 11.9 Å². The fourth-order valence-electron chi connectivity index (χ4n) is 6.22. The molecule has 25 heteroatoms. The molecule has 3 aliphatic rings. The highest BCUT2D eigenvalue weighted by Crippen LogP contribution is 2.60. The molecule has 1 aliphatic carbocycles. The molecule has 10 atom stereocenters. The monoisotopic (exact) mass is 904 g/mol. The van der Waals surface area contributed by atoms with Crippen molar-refractivity contribution in [3.05, 3.63) is 35.3 Å². The van der Waals surface area contributed by atoms with Crippen LogP contribution in [0.1, 0.15) is 53.7 Å². The summed E-state index contributed by atoms with van der Waals surface area (Å²) in [5, 5.41) is 11.6. The third-order valence-corrected chi connectivity index (χ3v) is 18.8. The molecule has 2 bridgehead atoms. The summed E-state index contributed by atoms with van der Waals surface area (Å²) in [6.07, 6.45) is -5.00. The molecule has 2 N–H and O–H groups in total. The lowest BCUT2D eigenvalue weighted by Crippen LogP contribution is -2.50. The fraction of sp³-hybridized carbons (Fsp3) is 0.667. The summed E-state index contributed by atoms with van der Waals surface area (Å²) in [7, 11) is -2.73. The highest BCUT2D eigenvalue weighted by molar-refractivity contribution is 8.44. The Hall–Kier alpha value is -2.71. The summed E-state index contributed by atoms with van der Waals surface area (Å²) >= 11 is 10.3. The zero-order chi connectivity index (χ0) is 42.2. The number of amides is 1. The van der Waals surface area contributed by atoms with E-state index in [1.807, 2.05) is 39.9 Å². The van der Waals surface area contributed by atoms with E-state index in [0.717, 1.165) is 0 Å². The third-order valence-electron chi connectivity index (χ3n) is 10.3. The van der Waals surface area contributed by atoms with Crippen molar-refractivity contribution in [2.75, 3.05) is 25.1 Å². The molecular formula is C33H47FN8O11P2S2Si. The van der Waals surface area contributed by atoms with Crippen molar-refractivity contribution in [1.29, 1.82) is 5.26 Å². The van der Waals surface area contributed by atoms with E-state index in [-0.39, 0.29) is 54.1 Å². The Labute approximate surface area is 345 Å². The van der Waals surface area contributed by atoms with E-state index in [2.05, 4.69) is 42.5 Å². The molecule has 5 unspecified atom stereocenters. The van der Waals surface area contributed by atoms with Crippen LogP contribution in [-0.4, -0.2) is 100 Å². The largest absolute Gasteiger partial charge is 0.471 e. The summed E-state index contributed by atoms with van der Waals surface area (Å²) in [6.45, 7) is 4.20. The number of hydrogen-bond acceptors (Lipinski definition) is 17. The molecule has 0 aromatic carbocycles. The molecule has 1 saturated carbocycles. The molecule has 5 heterocycles. The van der Waals surface area contributed by atoms with Gasteiger partial charge in [0.05, 0.1) is 38.6 Å². The van der Waals surface area contributed by atoms with E-state index in [4.69, 9.17) is 48.3 Å². The van der Waals surface area contributed by atoms with Crippen LogP contribution in [0.4, 0.5) is 10.3 Å². The van der Waals surface area contributed by atoms with Gasteiger partial charge in [0.15, 0.2) is 31.9 Å². The fourth-order valence-corrected chi connectivity index (χ4v) is 11.2. The van der Waals surface area contributed by atoms with Crippen molar-refractivity contribution < 1.29 is 50.3 Å². The first kappa shape index (κ1) is 44.8. The molecule has 0 radical (unpaired) electrons. The molecule has 1 amide bonds. The average Bonchev–Trinajstić information content (AvgIpc) is 3.79. The summed E-state index contributed by atoms with van der Waals surface area (Å²) in [5.74, 6) is -1.68. The van der Waals surface area contributed by atoms with Crippen molar-refractivity contribution in [3.63, 3.8) is 0 Å². The number of nitriles is 1. The Balaban J connectivity index is 1.44. The number of carbonyl (C=O) groups is 1. The molecule has 318 valence electrons. The Morgan fingerprint density at radius 1 is 1.24 bits per heavy atom. The number of nitrogens with one attached hydrogen (secondary N) is 2. The first-order valence-corrected chi connectivity index (χ1v) is 26.6. The number of H-pyrrole nitrogens is 1. The summed E-state index contributed by atoms with van der Waals surface area (Å²) < 4.78 is 81.9. The predicted octanol–water partition coefficient (Wildman–Crippen LogP) is 5.61. The number of thiol groups is 1. The highest BCUT2D eigenvalue weighted by atomic mass is 32.7. The lowest BCUT2D eigenvalue weighted by molar-refractivity contribution is -0.118. The minimum atomic E-state index is -4.37. The molecular weight excluding hydrogens is 858 g/mol. The van der Waals surface area contributed by atoms with Crippen molar-refractivity contribution in [2.24, 2.45) is 11.8 Å². The number of nitrogens with zero attached hydrogens (tertiary/aromatic N) is 6. The van der Waals surface area contributed by atoms with Gasteiger partial charge < -0.3 is 22.9 Å². The van der Waals surface area contributed by atoms with Crippen LogP contribution < -0.4 is 15.6 Å².